The van der Waals surface area contributed by atoms with Crippen LogP contribution in [-0.4, -0.2) is 49.1 Å². The van der Waals surface area contributed by atoms with E-state index in [1.165, 1.54) is 7.11 Å². The number of anilines is 2. The number of rotatable bonds is 7. The molecule has 0 aliphatic heterocycles. The maximum atomic E-state index is 11.5. The van der Waals surface area contributed by atoms with Gasteiger partial charge in [0.15, 0.2) is 0 Å². The first-order valence-electron chi connectivity index (χ1n) is 5.99. The summed E-state index contributed by atoms with van der Waals surface area (Å²) in [4.78, 5) is 11.5. The van der Waals surface area contributed by atoms with Crippen LogP contribution in [0, 0.1) is 6.92 Å². The van der Waals surface area contributed by atoms with E-state index >= 15 is 0 Å². The van der Waals surface area contributed by atoms with Crippen LogP contribution in [0.1, 0.15) is 5.56 Å². The first kappa shape index (κ1) is 15.4. The Morgan fingerprint density at radius 1 is 1.42 bits per heavy atom. The minimum absolute atomic E-state index is 0.000320. The summed E-state index contributed by atoms with van der Waals surface area (Å²) in [5.41, 5.74) is 2.34. The topological polar surface area (TPSA) is 90.8 Å². The molecule has 1 unspecified atom stereocenters. The molecule has 0 aliphatic rings. The van der Waals surface area contributed by atoms with Crippen LogP contribution in [0.3, 0.4) is 0 Å². The third-order valence-electron chi connectivity index (χ3n) is 2.62. The lowest BCUT2D eigenvalue weighted by molar-refractivity contribution is -0.119. The SMILES string of the molecule is COCC(=O)Nc1cccc(NCC(O)CO)c1C. The van der Waals surface area contributed by atoms with Crippen LogP contribution in [0.4, 0.5) is 11.4 Å². The molecule has 0 fully saturated rings. The summed E-state index contributed by atoms with van der Waals surface area (Å²) in [6.45, 7) is 1.81. The van der Waals surface area contributed by atoms with E-state index in [1.54, 1.807) is 12.1 Å². The Kier molecular flexibility index (Phi) is 6.27. The number of methoxy groups -OCH3 is 1. The first-order valence-corrected chi connectivity index (χ1v) is 5.99. The summed E-state index contributed by atoms with van der Waals surface area (Å²) in [5.74, 6) is -0.224. The quantitative estimate of drug-likeness (QED) is 0.572. The van der Waals surface area contributed by atoms with Crippen LogP contribution in [0.25, 0.3) is 0 Å². The summed E-state index contributed by atoms with van der Waals surface area (Å²) in [6, 6.07) is 5.42. The lowest BCUT2D eigenvalue weighted by Crippen LogP contribution is -2.23. The molecule has 6 heteroatoms. The standard InChI is InChI=1S/C13H20N2O4/c1-9-11(14-6-10(17)7-16)4-3-5-12(9)15-13(18)8-19-2/h3-5,10,14,16-17H,6-8H2,1-2H3,(H,15,18). The van der Waals surface area contributed by atoms with Gasteiger partial charge in [-0.2, -0.15) is 0 Å². The van der Waals surface area contributed by atoms with Crippen molar-refractivity contribution in [1.29, 1.82) is 0 Å². The second kappa shape index (κ2) is 7.73. The fourth-order valence-corrected chi connectivity index (χ4v) is 1.57. The number of amides is 1. The highest BCUT2D eigenvalue weighted by Crippen LogP contribution is 2.23. The number of carbonyl (C=O) groups is 1. The van der Waals surface area contributed by atoms with Gasteiger partial charge in [0.2, 0.25) is 5.91 Å². The van der Waals surface area contributed by atoms with Crippen LogP contribution in [0.5, 0.6) is 0 Å². The van der Waals surface area contributed by atoms with Crippen LogP contribution < -0.4 is 10.6 Å². The molecule has 1 rings (SSSR count). The van der Waals surface area contributed by atoms with E-state index in [4.69, 9.17) is 9.84 Å². The molecular formula is C13H20N2O4. The molecule has 1 atom stereocenters. The lowest BCUT2D eigenvalue weighted by Gasteiger charge is -2.15. The monoisotopic (exact) mass is 268 g/mol. The Balaban J connectivity index is 2.71. The van der Waals surface area contributed by atoms with Gasteiger partial charge in [-0.3, -0.25) is 4.79 Å². The van der Waals surface area contributed by atoms with Gasteiger partial charge in [0.25, 0.3) is 0 Å². The maximum absolute atomic E-state index is 11.5. The summed E-state index contributed by atoms with van der Waals surface area (Å²) in [6.07, 6.45) is -0.814. The Hall–Kier alpha value is -1.63. The second-order valence-electron chi connectivity index (χ2n) is 4.18. The van der Waals surface area contributed by atoms with Crippen molar-refractivity contribution in [3.63, 3.8) is 0 Å². The normalized spacial score (nSPS) is 12.0. The van der Waals surface area contributed by atoms with Crippen molar-refractivity contribution in [3.8, 4) is 0 Å². The van der Waals surface area contributed by atoms with Gasteiger partial charge in [-0.25, -0.2) is 0 Å². The third kappa shape index (κ3) is 4.86. The van der Waals surface area contributed by atoms with Crippen molar-refractivity contribution in [3.05, 3.63) is 23.8 Å². The molecule has 1 aromatic rings. The minimum atomic E-state index is -0.814. The summed E-state index contributed by atoms with van der Waals surface area (Å²) >= 11 is 0. The minimum Gasteiger partial charge on any atom is -0.394 e. The van der Waals surface area contributed by atoms with Gasteiger partial charge in [0.1, 0.15) is 6.61 Å². The summed E-state index contributed by atoms with van der Waals surface area (Å²) in [5, 5.41) is 23.8. The van der Waals surface area contributed by atoms with Crippen LogP contribution in [0.15, 0.2) is 18.2 Å². The molecule has 0 aromatic heterocycles. The fourth-order valence-electron chi connectivity index (χ4n) is 1.57. The highest BCUT2D eigenvalue weighted by molar-refractivity contribution is 5.93. The molecule has 19 heavy (non-hydrogen) atoms. The number of hydrogen-bond donors (Lipinski definition) is 4. The molecule has 0 heterocycles. The van der Waals surface area contributed by atoms with E-state index in [1.807, 2.05) is 13.0 Å². The highest BCUT2D eigenvalue weighted by Gasteiger charge is 2.08. The molecule has 0 bridgehead atoms. The van der Waals surface area contributed by atoms with Gasteiger partial charge >= 0.3 is 0 Å². The zero-order valence-electron chi connectivity index (χ0n) is 11.1. The van der Waals surface area contributed by atoms with Crippen molar-refractivity contribution in [1.82, 2.24) is 0 Å². The molecule has 6 nitrogen and oxygen atoms in total. The molecule has 1 amide bonds. The van der Waals surface area contributed by atoms with Gasteiger partial charge in [0, 0.05) is 25.0 Å². The summed E-state index contributed by atoms with van der Waals surface area (Å²) < 4.78 is 4.75. The lowest BCUT2D eigenvalue weighted by atomic mass is 10.1. The summed E-state index contributed by atoms with van der Waals surface area (Å²) in [7, 11) is 1.46. The molecule has 4 N–H and O–H groups in total. The number of benzene rings is 1. The van der Waals surface area contributed by atoms with E-state index in [9.17, 15) is 9.90 Å². The number of hydrogen-bond acceptors (Lipinski definition) is 5. The Bertz CT molecular complexity index is 423. The zero-order chi connectivity index (χ0) is 14.3. The molecule has 0 saturated carbocycles. The van der Waals surface area contributed by atoms with Gasteiger partial charge < -0.3 is 25.6 Å². The fraction of sp³-hybridized carbons (Fsp3) is 0.462. The van der Waals surface area contributed by atoms with Crippen molar-refractivity contribution in [2.45, 2.75) is 13.0 Å². The number of carbonyl (C=O) groups excluding carboxylic acids is 1. The number of aliphatic hydroxyl groups is 2. The van der Waals surface area contributed by atoms with Gasteiger partial charge in [0.05, 0.1) is 12.7 Å². The molecule has 106 valence electrons. The highest BCUT2D eigenvalue weighted by atomic mass is 16.5. The number of ether oxygens (including phenoxy) is 1. The van der Waals surface area contributed by atoms with Crippen molar-refractivity contribution in [2.24, 2.45) is 0 Å². The molecular weight excluding hydrogens is 248 g/mol. The predicted molar refractivity (Wildman–Crippen MR) is 73.3 cm³/mol. The predicted octanol–water partition coefficient (Wildman–Crippen LogP) is 0.345. The zero-order valence-corrected chi connectivity index (χ0v) is 11.1. The van der Waals surface area contributed by atoms with Crippen molar-refractivity contribution < 1.29 is 19.7 Å². The maximum Gasteiger partial charge on any atom is 0.250 e. The smallest absolute Gasteiger partial charge is 0.250 e. The number of aliphatic hydroxyl groups excluding tert-OH is 2. The Morgan fingerprint density at radius 2 is 2.11 bits per heavy atom. The van der Waals surface area contributed by atoms with Crippen LogP contribution >= 0.6 is 0 Å². The van der Waals surface area contributed by atoms with E-state index in [0.29, 0.717) is 5.69 Å². The molecule has 0 spiro atoms. The van der Waals surface area contributed by atoms with Gasteiger partial charge in [-0.1, -0.05) is 6.07 Å². The average molecular weight is 268 g/mol. The van der Waals surface area contributed by atoms with E-state index in [0.717, 1.165) is 11.3 Å². The van der Waals surface area contributed by atoms with Gasteiger partial charge in [-0.05, 0) is 24.6 Å². The van der Waals surface area contributed by atoms with Gasteiger partial charge in [-0.15, -0.1) is 0 Å². The average Bonchev–Trinajstić information content (AvgIpc) is 2.39. The first-order chi connectivity index (χ1) is 9.08. The Morgan fingerprint density at radius 3 is 2.74 bits per heavy atom. The number of nitrogens with one attached hydrogen (secondary N) is 2. The largest absolute Gasteiger partial charge is 0.394 e. The third-order valence-corrected chi connectivity index (χ3v) is 2.62. The van der Waals surface area contributed by atoms with Crippen molar-refractivity contribution in [2.75, 3.05) is 37.5 Å². The van der Waals surface area contributed by atoms with E-state index < -0.39 is 6.10 Å². The Labute approximate surface area is 112 Å². The van der Waals surface area contributed by atoms with Crippen LogP contribution in [-0.2, 0) is 9.53 Å². The van der Waals surface area contributed by atoms with E-state index in [2.05, 4.69) is 10.6 Å². The molecule has 0 radical (unpaired) electrons. The second-order valence-corrected chi connectivity index (χ2v) is 4.18. The molecule has 0 aliphatic carbocycles. The van der Waals surface area contributed by atoms with Crippen LogP contribution in [0.2, 0.25) is 0 Å². The van der Waals surface area contributed by atoms with Crippen molar-refractivity contribution >= 4 is 17.3 Å². The molecule has 0 saturated heterocycles. The molecule has 1 aromatic carbocycles. The van der Waals surface area contributed by atoms with E-state index in [-0.39, 0.29) is 25.7 Å².